The van der Waals surface area contributed by atoms with Crippen molar-refractivity contribution in [2.45, 2.75) is 20.8 Å². The van der Waals surface area contributed by atoms with Crippen LogP contribution in [0.15, 0.2) is 30.3 Å². The molecule has 1 heterocycles. The van der Waals surface area contributed by atoms with Crippen LogP contribution in [0, 0.1) is 30.9 Å². The van der Waals surface area contributed by atoms with E-state index in [9.17, 15) is 14.9 Å². The SMILES string of the molecule is Cc1cc(C)[nH+]c(NC(=O)c2ccc([N+](=O)[O-])c(C)c2)c1. The van der Waals surface area contributed by atoms with Gasteiger partial charge in [-0.25, -0.2) is 15.1 Å². The van der Waals surface area contributed by atoms with E-state index in [-0.39, 0.29) is 11.6 Å². The fourth-order valence-corrected chi connectivity index (χ4v) is 2.16. The molecule has 0 aliphatic carbocycles. The van der Waals surface area contributed by atoms with E-state index in [0.29, 0.717) is 16.9 Å². The summed E-state index contributed by atoms with van der Waals surface area (Å²) in [6.07, 6.45) is 0. The van der Waals surface area contributed by atoms with Crippen LogP contribution in [0.4, 0.5) is 11.5 Å². The molecular formula is C15H16N3O3+. The number of amides is 1. The quantitative estimate of drug-likeness (QED) is 0.695. The van der Waals surface area contributed by atoms with Crippen molar-refractivity contribution in [2.75, 3.05) is 5.32 Å². The number of rotatable bonds is 3. The molecule has 1 amide bonds. The second-order valence-corrected chi connectivity index (χ2v) is 4.97. The van der Waals surface area contributed by atoms with Crippen LogP contribution in [0.25, 0.3) is 0 Å². The maximum Gasteiger partial charge on any atom is 0.339 e. The van der Waals surface area contributed by atoms with Gasteiger partial charge in [0.15, 0.2) is 0 Å². The van der Waals surface area contributed by atoms with Crippen molar-refractivity contribution in [3.05, 3.63) is 62.8 Å². The topological polar surface area (TPSA) is 86.4 Å². The van der Waals surface area contributed by atoms with E-state index >= 15 is 0 Å². The Balaban J connectivity index is 2.24. The lowest BCUT2D eigenvalue weighted by Crippen LogP contribution is -2.21. The summed E-state index contributed by atoms with van der Waals surface area (Å²) in [6.45, 7) is 5.45. The van der Waals surface area contributed by atoms with Gasteiger partial charge in [-0.1, -0.05) is 0 Å². The molecule has 6 nitrogen and oxygen atoms in total. The maximum atomic E-state index is 12.2. The van der Waals surface area contributed by atoms with Gasteiger partial charge in [0.1, 0.15) is 0 Å². The molecule has 0 unspecified atom stereocenters. The molecule has 2 rings (SSSR count). The number of carbonyl (C=O) groups is 1. The molecule has 0 atom stereocenters. The largest absolute Gasteiger partial charge is 0.339 e. The first kappa shape index (κ1) is 14.6. The first-order valence-electron chi connectivity index (χ1n) is 6.44. The summed E-state index contributed by atoms with van der Waals surface area (Å²) in [5, 5.41) is 13.5. The molecule has 1 aromatic heterocycles. The molecule has 0 fully saturated rings. The Bertz CT molecular complexity index is 706. The molecule has 0 aliphatic rings. The lowest BCUT2D eigenvalue weighted by Gasteiger charge is -2.02. The monoisotopic (exact) mass is 286 g/mol. The van der Waals surface area contributed by atoms with Gasteiger partial charge in [0.2, 0.25) is 0 Å². The zero-order chi connectivity index (χ0) is 15.6. The van der Waals surface area contributed by atoms with Gasteiger partial charge in [-0.3, -0.25) is 10.1 Å². The van der Waals surface area contributed by atoms with Crippen molar-refractivity contribution in [1.82, 2.24) is 0 Å². The van der Waals surface area contributed by atoms with Crippen molar-refractivity contribution >= 4 is 17.4 Å². The van der Waals surface area contributed by atoms with Gasteiger partial charge in [0.25, 0.3) is 11.5 Å². The van der Waals surface area contributed by atoms with Gasteiger partial charge in [-0.15, -0.1) is 0 Å². The number of aryl methyl sites for hydroxylation is 3. The lowest BCUT2D eigenvalue weighted by atomic mass is 10.1. The molecule has 2 N–H and O–H groups in total. The minimum atomic E-state index is -0.464. The van der Waals surface area contributed by atoms with Gasteiger partial charge < -0.3 is 0 Å². The van der Waals surface area contributed by atoms with Crippen LogP contribution in [-0.4, -0.2) is 10.8 Å². The average molecular weight is 286 g/mol. The van der Waals surface area contributed by atoms with E-state index in [1.54, 1.807) is 6.92 Å². The molecule has 0 saturated carbocycles. The van der Waals surface area contributed by atoms with E-state index in [1.165, 1.54) is 18.2 Å². The Morgan fingerprint density at radius 1 is 1.19 bits per heavy atom. The Kier molecular flexibility index (Phi) is 3.98. The smallest absolute Gasteiger partial charge is 0.258 e. The van der Waals surface area contributed by atoms with Crippen LogP contribution in [0.3, 0.4) is 0 Å². The third-order valence-corrected chi connectivity index (χ3v) is 3.05. The summed E-state index contributed by atoms with van der Waals surface area (Å²) in [5.41, 5.74) is 2.80. The summed E-state index contributed by atoms with van der Waals surface area (Å²) < 4.78 is 0. The molecule has 2 aromatic rings. The van der Waals surface area contributed by atoms with Crippen LogP contribution < -0.4 is 10.3 Å². The number of pyridine rings is 1. The third-order valence-electron chi connectivity index (χ3n) is 3.05. The van der Waals surface area contributed by atoms with E-state index in [2.05, 4.69) is 10.3 Å². The molecule has 108 valence electrons. The number of H-pyrrole nitrogens is 1. The third kappa shape index (κ3) is 3.42. The van der Waals surface area contributed by atoms with Gasteiger partial charge in [-0.05, 0) is 44.5 Å². The number of nitrogens with zero attached hydrogens (tertiary/aromatic N) is 1. The first-order valence-corrected chi connectivity index (χ1v) is 6.44. The van der Waals surface area contributed by atoms with Gasteiger partial charge in [0, 0.05) is 17.7 Å². The fraction of sp³-hybridized carbons (Fsp3) is 0.200. The Labute approximate surface area is 122 Å². The molecule has 21 heavy (non-hydrogen) atoms. The van der Waals surface area contributed by atoms with Crippen molar-refractivity contribution in [1.29, 1.82) is 0 Å². The molecule has 6 heteroatoms. The minimum Gasteiger partial charge on any atom is -0.258 e. The van der Waals surface area contributed by atoms with Crippen molar-refractivity contribution < 1.29 is 14.7 Å². The van der Waals surface area contributed by atoms with Crippen LogP contribution in [-0.2, 0) is 0 Å². The second kappa shape index (κ2) is 5.70. The predicted molar refractivity (Wildman–Crippen MR) is 78.3 cm³/mol. The summed E-state index contributed by atoms with van der Waals surface area (Å²) >= 11 is 0. The highest BCUT2D eigenvalue weighted by Crippen LogP contribution is 2.19. The number of hydrogen-bond acceptors (Lipinski definition) is 3. The Hall–Kier alpha value is -2.76. The number of benzene rings is 1. The first-order chi connectivity index (χ1) is 9.86. The molecule has 0 bridgehead atoms. The number of carbonyl (C=O) groups excluding carboxylic acids is 1. The summed E-state index contributed by atoms with van der Waals surface area (Å²) in [7, 11) is 0. The van der Waals surface area contributed by atoms with Gasteiger partial charge >= 0.3 is 5.91 Å². The van der Waals surface area contributed by atoms with E-state index in [1.807, 2.05) is 26.0 Å². The standard InChI is InChI=1S/C15H15N3O3/c1-9-6-11(3)16-14(7-9)17-15(19)12-4-5-13(18(20)21)10(2)8-12/h4-8H,1-3H3,(H,16,17,19)/p+1. The number of aromatic amines is 1. The fourth-order valence-electron chi connectivity index (χ4n) is 2.16. The zero-order valence-electron chi connectivity index (χ0n) is 12.1. The molecule has 0 saturated heterocycles. The number of nitrogens with one attached hydrogen (secondary N) is 2. The Morgan fingerprint density at radius 3 is 2.48 bits per heavy atom. The van der Waals surface area contributed by atoms with Crippen LogP contribution in [0.2, 0.25) is 0 Å². The lowest BCUT2D eigenvalue weighted by molar-refractivity contribution is -0.385. The average Bonchev–Trinajstić information content (AvgIpc) is 2.36. The van der Waals surface area contributed by atoms with Crippen molar-refractivity contribution in [3.63, 3.8) is 0 Å². The van der Waals surface area contributed by atoms with Crippen LogP contribution in [0.1, 0.15) is 27.2 Å². The zero-order valence-corrected chi connectivity index (χ0v) is 12.1. The number of anilines is 1. The van der Waals surface area contributed by atoms with E-state index in [0.717, 1.165) is 11.3 Å². The second-order valence-electron chi connectivity index (χ2n) is 4.97. The van der Waals surface area contributed by atoms with E-state index < -0.39 is 4.92 Å². The number of nitro groups is 1. The normalized spacial score (nSPS) is 10.2. The Morgan fingerprint density at radius 2 is 1.90 bits per heavy atom. The highest BCUT2D eigenvalue weighted by Gasteiger charge is 2.17. The maximum absolute atomic E-state index is 12.2. The summed E-state index contributed by atoms with van der Waals surface area (Å²) in [6, 6.07) is 8.09. The van der Waals surface area contributed by atoms with Gasteiger partial charge in [0.05, 0.1) is 16.2 Å². The number of aromatic nitrogens is 1. The summed E-state index contributed by atoms with van der Waals surface area (Å²) in [4.78, 5) is 25.5. The highest BCUT2D eigenvalue weighted by atomic mass is 16.6. The number of nitro benzene ring substituents is 1. The van der Waals surface area contributed by atoms with Crippen LogP contribution >= 0.6 is 0 Å². The molecule has 0 aliphatic heterocycles. The van der Waals surface area contributed by atoms with Gasteiger partial charge in [-0.2, -0.15) is 0 Å². The van der Waals surface area contributed by atoms with E-state index in [4.69, 9.17) is 0 Å². The highest BCUT2D eigenvalue weighted by molar-refractivity contribution is 6.03. The van der Waals surface area contributed by atoms with Crippen molar-refractivity contribution in [2.24, 2.45) is 0 Å². The number of hydrogen-bond donors (Lipinski definition) is 1. The molecule has 0 radical (unpaired) electrons. The molecule has 0 spiro atoms. The molecular weight excluding hydrogens is 270 g/mol. The van der Waals surface area contributed by atoms with Crippen molar-refractivity contribution in [3.8, 4) is 0 Å². The molecule has 1 aromatic carbocycles. The van der Waals surface area contributed by atoms with Crippen LogP contribution in [0.5, 0.6) is 0 Å². The summed E-state index contributed by atoms with van der Waals surface area (Å²) in [5.74, 6) is 0.280. The predicted octanol–water partition coefficient (Wildman–Crippen LogP) is 2.59. The minimum absolute atomic E-state index is 0.00418.